The molecule has 0 unspecified atom stereocenters. The first-order valence-corrected chi connectivity index (χ1v) is 8.21. The lowest BCUT2D eigenvalue weighted by Crippen LogP contribution is -2.42. The molecule has 0 amide bonds. The Morgan fingerprint density at radius 2 is 2.32 bits per heavy atom. The third kappa shape index (κ3) is 6.78. The Morgan fingerprint density at radius 1 is 1.50 bits per heavy atom. The zero-order valence-electron chi connectivity index (χ0n) is 12.5. The highest BCUT2D eigenvalue weighted by Crippen LogP contribution is 2.01. The van der Waals surface area contributed by atoms with Gasteiger partial charge in [0, 0.05) is 45.6 Å². The summed E-state index contributed by atoms with van der Waals surface area (Å²) < 4.78 is 32.9. The first-order valence-electron chi connectivity index (χ1n) is 6.77. The van der Waals surface area contributed by atoms with Crippen LogP contribution in [0.2, 0.25) is 0 Å². The molecule has 22 heavy (non-hydrogen) atoms. The van der Waals surface area contributed by atoms with Gasteiger partial charge in [-0.1, -0.05) is 18.2 Å². The van der Waals surface area contributed by atoms with Gasteiger partial charge in [0.15, 0.2) is 0 Å². The number of methoxy groups -OCH3 is 1. The van der Waals surface area contributed by atoms with Crippen molar-refractivity contribution in [1.82, 2.24) is 14.0 Å². The quantitative estimate of drug-likeness (QED) is 0.686. The van der Waals surface area contributed by atoms with Gasteiger partial charge in [0.2, 0.25) is 0 Å². The van der Waals surface area contributed by atoms with Gasteiger partial charge in [-0.05, 0) is 11.6 Å². The van der Waals surface area contributed by atoms with Crippen LogP contribution in [0, 0.1) is 11.3 Å². The van der Waals surface area contributed by atoms with Crippen molar-refractivity contribution >= 4 is 16.3 Å². The zero-order valence-corrected chi connectivity index (χ0v) is 13.3. The number of ether oxygens (including phenoxy) is 1. The van der Waals surface area contributed by atoms with Gasteiger partial charge in [-0.15, -0.1) is 0 Å². The molecule has 1 N–H and O–H groups in total. The molecule has 0 radical (unpaired) electrons. The molecule has 0 saturated heterocycles. The minimum absolute atomic E-state index is 0.135. The molecule has 8 heteroatoms. The largest absolute Gasteiger partial charge is 0.383 e. The maximum absolute atomic E-state index is 12.2. The van der Waals surface area contributed by atoms with E-state index in [4.69, 9.17) is 10.00 Å². The molecule has 0 aliphatic carbocycles. The fraction of sp³-hybridized carbons (Fsp3) is 0.429. The van der Waals surface area contributed by atoms with Gasteiger partial charge < -0.3 is 4.74 Å². The molecule has 120 valence electrons. The lowest BCUT2D eigenvalue weighted by molar-refractivity contribution is 0.179. The average Bonchev–Trinajstić information content (AvgIpc) is 2.52. The zero-order chi connectivity index (χ0) is 16.3. The van der Waals surface area contributed by atoms with Crippen LogP contribution in [0.1, 0.15) is 12.0 Å². The Kier molecular flexibility index (Phi) is 8.32. The molecule has 0 spiro atoms. The van der Waals surface area contributed by atoms with Crippen LogP contribution in [0.5, 0.6) is 0 Å². The maximum Gasteiger partial charge on any atom is 0.279 e. The van der Waals surface area contributed by atoms with Crippen LogP contribution >= 0.6 is 0 Å². The van der Waals surface area contributed by atoms with E-state index in [9.17, 15) is 8.42 Å². The lowest BCUT2D eigenvalue weighted by atomic mass is 10.3. The second-order valence-corrected chi connectivity index (χ2v) is 6.10. The molecule has 1 rings (SSSR count). The average molecular weight is 324 g/mol. The fourth-order valence-corrected chi connectivity index (χ4v) is 2.77. The van der Waals surface area contributed by atoms with Gasteiger partial charge in [0.1, 0.15) is 0 Å². The first kappa shape index (κ1) is 18.3. The number of aromatic nitrogens is 1. The summed E-state index contributed by atoms with van der Waals surface area (Å²) in [6, 6.07) is 5.61. The third-order valence-electron chi connectivity index (χ3n) is 2.74. The van der Waals surface area contributed by atoms with Gasteiger partial charge >= 0.3 is 0 Å². The van der Waals surface area contributed by atoms with Crippen molar-refractivity contribution < 1.29 is 13.2 Å². The molecular weight excluding hydrogens is 304 g/mol. The van der Waals surface area contributed by atoms with Crippen LogP contribution in [0.15, 0.2) is 30.6 Å². The van der Waals surface area contributed by atoms with Crippen LogP contribution in [0.3, 0.4) is 0 Å². The van der Waals surface area contributed by atoms with E-state index in [1.165, 1.54) is 11.4 Å². The van der Waals surface area contributed by atoms with Crippen molar-refractivity contribution in [3.05, 3.63) is 36.2 Å². The van der Waals surface area contributed by atoms with E-state index >= 15 is 0 Å². The molecule has 1 aromatic rings. The number of nitrogens with zero attached hydrogens (tertiary/aromatic N) is 3. The Balaban J connectivity index is 2.55. The molecule has 1 aromatic heterocycles. The van der Waals surface area contributed by atoms with E-state index in [2.05, 4.69) is 9.71 Å². The predicted octanol–water partition coefficient (Wildman–Crippen LogP) is 0.791. The van der Waals surface area contributed by atoms with Gasteiger partial charge in [-0.2, -0.15) is 22.7 Å². The number of nitrogens with one attached hydrogen (secondary N) is 1. The number of nitriles is 1. The smallest absolute Gasteiger partial charge is 0.279 e. The van der Waals surface area contributed by atoms with Crippen molar-refractivity contribution in [2.45, 2.75) is 6.42 Å². The molecule has 0 aromatic carbocycles. The Morgan fingerprint density at radius 3 is 2.95 bits per heavy atom. The maximum atomic E-state index is 12.2. The van der Waals surface area contributed by atoms with Gasteiger partial charge in [-0.25, -0.2) is 0 Å². The second kappa shape index (κ2) is 10.0. The highest BCUT2D eigenvalue weighted by molar-refractivity contribution is 7.87. The second-order valence-electron chi connectivity index (χ2n) is 4.34. The standard InChI is InChI=1S/C14H20N4O3S/c1-21-12-11-18(10-4-7-15)22(19,20)17-9-3-6-14-5-2-8-16-13-14/h2-3,5-6,8,13,17H,4,9-12H2,1H3/b6-3+. The predicted molar refractivity (Wildman–Crippen MR) is 83.9 cm³/mol. The van der Waals surface area contributed by atoms with Crippen molar-refractivity contribution in [1.29, 1.82) is 5.26 Å². The highest BCUT2D eigenvalue weighted by Gasteiger charge is 2.20. The third-order valence-corrected chi connectivity index (χ3v) is 4.31. The van der Waals surface area contributed by atoms with Crippen LogP contribution in [0.4, 0.5) is 0 Å². The van der Waals surface area contributed by atoms with Crippen molar-refractivity contribution in [2.75, 3.05) is 33.4 Å². The summed E-state index contributed by atoms with van der Waals surface area (Å²) in [6.07, 6.45) is 6.97. The minimum Gasteiger partial charge on any atom is -0.383 e. The minimum atomic E-state index is -3.64. The van der Waals surface area contributed by atoms with Crippen LogP contribution in [0.25, 0.3) is 6.08 Å². The topological polar surface area (TPSA) is 95.3 Å². The Labute approximate surface area is 131 Å². The van der Waals surface area contributed by atoms with Crippen molar-refractivity contribution in [3.8, 4) is 6.07 Å². The van der Waals surface area contributed by atoms with Gasteiger partial charge in [0.05, 0.1) is 12.7 Å². The molecule has 7 nitrogen and oxygen atoms in total. The molecule has 1 heterocycles. The Bertz CT molecular complexity index is 596. The molecule has 0 bridgehead atoms. The molecular formula is C14H20N4O3S. The molecule has 0 aliphatic rings. The first-order chi connectivity index (χ1) is 10.6. The van der Waals surface area contributed by atoms with Crippen LogP contribution in [-0.4, -0.2) is 51.1 Å². The van der Waals surface area contributed by atoms with Crippen molar-refractivity contribution in [2.24, 2.45) is 0 Å². The highest BCUT2D eigenvalue weighted by atomic mass is 32.2. The normalized spacial score (nSPS) is 11.9. The summed E-state index contributed by atoms with van der Waals surface area (Å²) in [5, 5.41) is 8.61. The van der Waals surface area contributed by atoms with Crippen LogP contribution in [-0.2, 0) is 14.9 Å². The monoisotopic (exact) mass is 324 g/mol. The number of pyridine rings is 1. The van der Waals surface area contributed by atoms with E-state index in [-0.39, 0.29) is 32.7 Å². The van der Waals surface area contributed by atoms with E-state index in [1.54, 1.807) is 30.6 Å². The van der Waals surface area contributed by atoms with Gasteiger partial charge in [-0.3, -0.25) is 4.98 Å². The van der Waals surface area contributed by atoms with Crippen LogP contribution < -0.4 is 4.72 Å². The van der Waals surface area contributed by atoms with E-state index in [0.717, 1.165) is 5.56 Å². The summed E-state index contributed by atoms with van der Waals surface area (Å²) >= 11 is 0. The summed E-state index contributed by atoms with van der Waals surface area (Å²) in [5.41, 5.74) is 0.891. The molecule has 0 saturated carbocycles. The molecule has 0 fully saturated rings. The summed E-state index contributed by atoms with van der Waals surface area (Å²) in [7, 11) is -2.14. The Hall–Kier alpha value is -1.79. The number of rotatable bonds is 10. The molecule has 0 atom stereocenters. The summed E-state index contributed by atoms with van der Waals surface area (Å²) in [5.74, 6) is 0. The number of hydrogen-bond donors (Lipinski definition) is 1. The van der Waals surface area contributed by atoms with Gasteiger partial charge in [0.25, 0.3) is 10.2 Å². The summed E-state index contributed by atoms with van der Waals surface area (Å²) in [4.78, 5) is 3.97. The number of hydrogen-bond acceptors (Lipinski definition) is 5. The van der Waals surface area contributed by atoms with E-state index < -0.39 is 10.2 Å². The van der Waals surface area contributed by atoms with Crippen molar-refractivity contribution in [3.63, 3.8) is 0 Å². The molecule has 0 aliphatic heterocycles. The SMILES string of the molecule is COCCN(CCC#N)S(=O)(=O)NC/C=C/c1cccnc1. The van der Waals surface area contributed by atoms with E-state index in [1.807, 2.05) is 12.1 Å². The lowest BCUT2D eigenvalue weighted by Gasteiger charge is -2.20. The van der Waals surface area contributed by atoms with E-state index in [0.29, 0.717) is 0 Å². The fourth-order valence-electron chi connectivity index (χ4n) is 1.63. The summed E-state index contributed by atoms with van der Waals surface area (Å²) in [6.45, 7) is 0.784.